The third-order valence-corrected chi connectivity index (χ3v) is 3.44. The van der Waals surface area contributed by atoms with Gasteiger partial charge in [0.05, 0.1) is 19.2 Å². The minimum atomic E-state index is -0.609. The predicted octanol–water partition coefficient (Wildman–Crippen LogP) is 2.19. The number of benzene rings is 1. The van der Waals surface area contributed by atoms with Crippen molar-refractivity contribution < 1.29 is 23.8 Å². The average Bonchev–Trinajstić information content (AvgIpc) is 3.34. The summed E-state index contributed by atoms with van der Waals surface area (Å²) in [6.07, 6.45) is 4.72. The van der Waals surface area contributed by atoms with Gasteiger partial charge in [-0.15, -0.1) is 0 Å². The molecule has 7 heteroatoms. The van der Waals surface area contributed by atoms with Crippen molar-refractivity contribution >= 4 is 29.6 Å². The zero-order valence-corrected chi connectivity index (χ0v) is 13.7. The molecule has 0 bridgehead atoms. The number of carbonyl (C=O) groups is 2. The lowest BCUT2D eigenvalue weighted by Gasteiger charge is -2.10. The fourth-order valence-corrected chi connectivity index (χ4v) is 2.18. The van der Waals surface area contributed by atoms with Gasteiger partial charge in [-0.05, 0) is 36.6 Å². The first kappa shape index (κ1) is 17.1. The van der Waals surface area contributed by atoms with Gasteiger partial charge in [-0.1, -0.05) is 11.6 Å². The molecule has 2 rings (SSSR count). The average molecular weight is 340 g/mol. The Bertz CT molecular complexity index is 625. The number of carbonyl (C=O) groups excluding carboxylic acids is 2. The molecule has 124 valence electrons. The Labute approximate surface area is 139 Å². The fourth-order valence-electron chi connectivity index (χ4n) is 1.88. The second-order valence-corrected chi connectivity index (χ2v) is 5.43. The lowest BCUT2D eigenvalue weighted by atomic mass is 10.2. The summed E-state index contributed by atoms with van der Waals surface area (Å²) < 4.78 is 15.2. The molecule has 0 saturated heterocycles. The molecule has 6 nitrogen and oxygen atoms in total. The third kappa shape index (κ3) is 5.17. The van der Waals surface area contributed by atoms with Gasteiger partial charge >= 0.3 is 5.97 Å². The quantitative estimate of drug-likeness (QED) is 0.609. The number of ether oxygens (including phenoxy) is 3. The number of hydrogen-bond donors (Lipinski definition) is 1. The summed E-state index contributed by atoms with van der Waals surface area (Å²) in [6, 6.07) is 3.55. The second kappa shape index (κ2) is 7.87. The highest BCUT2D eigenvalue weighted by Gasteiger charge is 2.23. The van der Waals surface area contributed by atoms with Gasteiger partial charge in [0, 0.05) is 12.1 Å². The first-order valence-corrected chi connectivity index (χ1v) is 7.47. The zero-order valence-electron chi connectivity index (χ0n) is 12.9. The molecular formula is C16H18ClNO5. The summed E-state index contributed by atoms with van der Waals surface area (Å²) in [5.41, 5.74) is 0.645. The molecule has 1 fully saturated rings. The summed E-state index contributed by atoms with van der Waals surface area (Å²) in [5.74, 6) is -0.0206. The van der Waals surface area contributed by atoms with Gasteiger partial charge in [-0.3, -0.25) is 4.79 Å². The van der Waals surface area contributed by atoms with E-state index >= 15 is 0 Å². The lowest BCUT2D eigenvalue weighted by molar-refractivity contribution is -0.143. The normalized spacial score (nSPS) is 13.7. The number of rotatable bonds is 7. The van der Waals surface area contributed by atoms with Gasteiger partial charge in [0.25, 0.3) is 5.91 Å². The SMILES string of the molecule is COc1cc(C=CC(=O)OCC(=O)NC2CC2)cc(Cl)c1OC. The number of amides is 1. The van der Waals surface area contributed by atoms with E-state index < -0.39 is 5.97 Å². The number of halogens is 1. The predicted molar refractivity (Wildman–Crippen MR) is 85.7 cm³/mol. The molecule has 0 atom stereocenters. The van der Waals surface area contributed by atoms with E-state index in [0.717, 1.165) is 12.8 Å². The minimum Gasteiger partial charge on any atom is -0.493 e. The summed E-state index contributed by atoms with van der Waals surface area (Å²) in [4.78, 5) is 23.0. The van der Waals surface area contributed by atoms with E-state index in [-0.39, 0.29) is 18.6 Å². The topological polar surface area (TPSA) is 73.9 Å². The Balaban J connectivity index is 1.92. The van der Waals surface area contributed by atoms with E-state index in [9.17, 15) is 9.59 Å². The Kier molecular flexibility index (Phi) is 5.87. The molecule has 1 amide bonds. The van der Waals surface area contributed by atoms with Crippen molar-refractivity contribution in [2.45, 2.75) is 18.9 Å². The summed E-state index contributed by atoms with van der Waals surface area (Å²) >= 11 is 6.08. The molecule has 0 spiro atoms. The van der Waals surface area contributed by atoms with E-state index in [1.165, 1.54) is 26.4 Å². The molecule has 1 aliphatic carbocycles. The molecular weight excluding hydrogens is 322 g/mol. The van der Waals surface area contributed by atoms with Crippen LogP contribution in [-0.2, 0) is 14.3 Å². The Hall–Kier alpha value is -2.21. The highest BCUT2D eigenvalue weighted by atomic mass is 35.5. The van der Waals surface area contributed by atoms with E-state index in [0.29, 0.717) is 22.1 Å². The van der Waals surface area contributed by atoms with Crippen molar-refractivity contribution in [3.63, 3.8) is 0 Å². The largest absolute Gasteiger partial charge is 0.493 e. The van der Waals surface area contributed by atoms with Crippen LogP contribution in [0.5, 0.6) is 11.5 Å². The molecule has 0 heterocycles. The van der Waals surface area contributed by atoms with Crippen LogP contribution in [0.1, 0.15) is 18.4 Å². The first-order chi connectivity index (χ1) is 11.0. The second-order valence-electron chi connectivity index (χ2n) is 5.02. The fraction of sp³-hybridized carbons (Fsp3) is 0.375. The molecule has 23 heavy (non-hydrogen) atoms. The molecule has 0 radical (unpaired) electrons. The first-order valence-electron chi connectivity index (χ1n) is 7.09. The summed E-state index contributed by atoms with van der Waals surface area (Å²) in [5, 5.41) is 3.09. The number of methoxy groups -OCH3 is 2. The standard InChI is InChI=1S/C16H18ClNO5/c1-21-13-8-10(7-12(17)16(13)22-2)3-6-15(20)23-9-14(19)18-11-4-5-11/h3,6-8,11H,4-5,9H2,1-2H3,(H,18,19). The number of hydrogen-bond acceptors (Lipinski definition) is 5. The maximum atomic E-state index is 11.6. The Morgan fingerprint density at radius 3 is 2.65 bits per heavy atom. The van der Waals surface area contributed by atoms with Crippen LogP contribution in [0, 0.1) is 0 Å². The van der Waals surface area contributed by atoms with Gasteiger partial charge in [0.2, 0.25) is 0 Å². The molecule has 1 aliphatic rings. The van der Waals surface area contributed by atoms with Crippen molar-refractivity contribution in [1.29, 1.82) is 0 Å². The number of esters is 1. The smallest absolute Gasteiger partial charge is 0.331 e. The minimum absolute atomic E-state index is 0.241. The maximum absolute atomic E-state index is 11.6. The van der Waals surface area contributed by atoms with Crippen LogP contribution < -0.4 is 14.8 Å². The van der Waals surface area contributed by atoms with Gasteiger partial charge in [0.15, 0.2) is 18.1 Å². The summed E-state index contributed by atoms with van der Waals surface area (Å²) in [7, 11) is 2.98. The van der Waals surface area contributed by atoms with Crippen molar-refractivity contribution in [3.05, 3.63) is 28.8 Å². The monoisotopic (exact) mass is 339 g/mol. The van der Waals surface area contributed by atoms with Crippen LogP contribution in [-0.4, -0.2) is 38.7 Å². The van der Waals surface area contributed by atoms with Gasteiger partial charge < -0.3 is 19.5 Å². The van der Waals surface area contributed by atoms with Crippen molar-refractivity contribution in [2.24, 2.45) is 0 Å². The van der Waals surface area contributed by atoms with Crippen LogP contribution in [0.2, 0.25) is 5.02 Å². The van der Waals surface area contributed by atoms with E-state index in [1.807, 2.05) is 0 Å². The van der Waals surface area contributed by atoms with Crippen LogP contribution >= 0.6 is 11.6 Å². The van der Waals surface area contributed by atoms with E-state index in [2.05, 4.69) is 5.32 Å². The third-order valence-electron chi connectivity index (χ3n) is 3.16. The molecule has 1 aromatic carbocycles. The highest BCUT2D eigenvalue weighted by Crippen LogP contribution is 2.36. The lowest BCUT2D eigenvalue weighted by Crippen LogP contribution is -2.30. The van der Waals surface area contributed by atoms with Crippen molar-refractivity contribution in [3.8, 4) is 11.5 Å². The van der Waals surface area contributed by atoms with Crippen LogP contribution in [0.25, 0.3) is 6.08 Å². The molecule has 0 aliphatic heterocycles. The van der Waals surface area contributed by atoms with Crippen molar-refractivity contribution in [1.82, 2.24) is 5.32 Å². The highest BCUT2D eigenvalue weighted by molar-refractivity contribution is 6.32. The van der Waals surface area contributed by atoms with E-state index in [1.54, 1.807) is 12.1 Å². The molecule has 0 aromatic heterocycles. The maximum Gasteiger partial charge on any atom is 0.331 e. The molecule has 1 saturated carbocycles. The van der Waals surface area contributed by atoms with Crippen LogP contribution in [0.4, 0.5) is 0 Å². The molecule has 0 unspecified atom stereocenters. The molecule has 1 aromatic rings. The van der Waals surface area contributed by atoms with Crippen molar-refractivity contribution in [2.75, 3.05) is 20.8 Å². The van der Waals surface area contributed by atoms with Crippen LogP contribution in [0.3, 0.4) is 0 Å². The summed E-state index contributed by atoms with van der Waals surface area (Å²) in [6.45, 7) is -0.285. The Morgan fingerprint density at radius 2 is 2.04 bits per heavy atom. The van der Waals surface area contributed by atoms with Gasteiger partial charge in [-0.2, -0.15) is 0 Å². The van der Waals surface area contributed by atoms with Crippen LogP contribution in [0.15, 0.2) is 18.2 Å². The van der Waals surface area contributed by atoms with Gasteiger partial charge in [-0.25, -0.2) is 4.79 Å². The van der Waals surface area contributed by atoms with Gasteiger partial charge in [0.1, 0.15) is 0 Å². The zero-order chi connectivity index (χ0) is 16.8. The van der Waals surface area contributed by atoms with E-state index in [4.69, 9.17) is 25.8 Å². The molecule has 1 N–H and O–H groups in total. The number of nitrogens with one attached hydrogen (secondary N) is 1. The Morgan fingerprint density at radius 1 is 1.30 bits per heavy atom.